The number of aryl methyl sites for hydroxylation is 5. The number of nitrogens with zero attached hydrogens (tertiary/aromatic N) is 4. The fourth-order valence-electron chi connectivity index (χ4n) is 6.49. The van der Waals surface area contributed by atoms with E-state index in [1.165, 1.54) is 21.1 Å². The van der Waals surface area contributed by atoms with Crippen LogP contribution in [0.25, 0.3) is 12.2 Å². The average Bonchev–Trinajstić information content (AvgIpc) is 3.33. The van der Waals surface area contributed by atoms with Gasteiger partial charge in [0, 0.05) is 50.4 Å². The van der Waals surface area contributed by atoms with Crippen molar-refractivity contribution in [3.63, 3.8) is 0 Å². The second-order valence-corrected chi connectivity index (χ2v) is 13.8. The van der Waals surface area contributed by atoms with E-state index in [-0.39, 0.29) is 28.5 Å². The summed E-state index contributed by atoms with van der Waals surface area (Å²) < 4.78 is 34.5. The van der Waals surface area contributed by atoms with E-state index in [9.17, 15) is 13.2 Å². The van der Waals surface area contributed by atoms with E-state index >= 15 is 0 Å². The molecule has 0 radical (unpaired) electrons. The lowest BCUT2D eigenvalue weighted by Crippen LogP contribution is -2.55. The molecule has 0 N–H and O–H groups in total. The predicted octanol–water partition coefficient (Wildman–Crippen LogP) is 5.53. The maximum absolute atomic E-state index is 13.8. The molecule has 1 amide bonds. The van der Waals surface area contributed by atoms with Crippen molar-refractivity contribution in [1.82, 2.24) is 14.4 Å². The SMILES string of the molecule is Cc1cccc(N2CCN(C(=O)C3CCN(S(=O)(=O)c4c(C)noc4/C=C/c4c(C)cc(C)cc4C)CC3)C[C@@H]2C)c1. The Hall–Kier alpha value is -3.43. The van der Waals surface area contributed by atoms with Crippen LogP contribution >= 0.6 is 0 Å². The lowest BCUT2D eigenvalue weighted by atomic mass is 9.95. The molecule has 2 fully saturated rings. The maximum Gasteiger partial charge on any atom is 0.248 e. The first-order chi connectivity index (χ1) is 20.0. The summed E-state index contributed by atoms with van der Waals surface area (Å²) in [6, 6.07) is 12.9. The van der Waals surface area contributed by atoms with Crippen LogP contribution in [0.4, 0.5) is 5.69 Å². The number of amides is 1. The topological polar surface area (TPSA) is 87.0 Å². The first kappa shape index (κ1) is 30.0. The Morgan fingerprint density at radius 1 is 0.929 bits per heavy atom. The smallest absolute Gasteiger partial charge is 0.248 e. The van der Waals surface area contributed by atoms with Crippen LogP contribution in [0.15, 0.2) is 45.8 Å². The number of carbonyl (C=O) groups excluding carboxylic acids is 1. The Morgan fingerprint density at radius 2 is 1.62 bits per heavy atom. The van der Waals surface area contributed by atoms with Gasteiger partial charge in [-0.05, 0) is 94.8 Å². The third kappa shape index (κ3) is 6.03. The zero-order valence-corrected chi connectivity index (χ0v) is 26.4. The standard InChI is InChI=1S/C33H42N4O4S/c1-22-8-7-9-29(20-22)37-17-16-35(21-26(37)5)33(38)28-12-14-36(15-13-28)42(39,40)32-27(6)34-41-31(32)11-10-30-24(3)18-23(2)19-25(30)4/h7-11,18-20,26,28H,12-17,21H2,1-6H3/b11-10+/t26-/m0/s1. The molecule has 1 atom stereocenters. The molecule has 5 rings (SSSR count). The Labute approximate surface area is 250 Å². The van der Waals surface area contributed by atoms with Crippen LogP contribution in [0.3, 0.4) is 0 Å². The van der Waals surface area contributed by atoms with Gasteiger partial charge in [-0.15, -0.1) is 0 Å². The number of aromatic nitrogens is 1. The highest BCUT2D eigenvalue weighted by molar-refractivity contribution is 7.89. The van der Waals surface area contributed by atoms with Crippen molar-refractivity contribution in [1.29, 1.82) is 0 Å². The van der Waals surface area contributed by atoms with Crippen LogP contribution in [0.1, 0.15) is 59.0 Å². The molecule has 3 heterocycles. The Morgan fingerprint density at radius 3 is 2.26 bits per heavy atom. The number of carbonyl (C=O) groups is 1. The number of hydrogen-bond donors (Lipinski definition) is 0. The van der Waals surface area contributed by atoms with Gasteiger partial charge < -0.3 is 14.3 Å². The number of sulfonamides is 1. The fourth-order valence-corrected chi connectivity index (χ4v) is 8.21. The molecule has 9 heteroatoms. The third-order valence-corrected chi connectivity index (χ3v) is 10.7. The second-order valence-electron chi connectivity index (χ2n) is 12.0. The normalized spacial score (nSPS) is 19.1. The van der Waals surface area contributed by atoms with E-state index in [2.05, 4.69) is 67.2 Å². The van der Waals surface area contributed by atoms with Gasteiger partial charge in [0.25, 0.3) is 0 Å². The average molecular weight is 591 g/mol. The van der Waals surface area contributed by atoms with Gasteiger partial charge in [0.1, 0.15) is 5.69 Å². The Kier molecular flexibility index (Phi) is 8.62. The van der Waals surface area contributed by atoms with Gasteiger partial charge in [0.2, 0.25) is 15.9 Å². The van der Waals surface area contributed by atoms with Crippen molar-refractivity contribution in [2.45, 2.75) is 65.3 Å². The maximum atomic E-state index is 13.8. The zero-order chi connectivity index (χ0) is 30.2. The van der Waals surface area contributed by atoms with E-state index < -0.39 is 10.0 Å². The summed E-state index contributed by atoms with van der Waals surface area (Å²) in [5, 5.41) is 4.00. The number of hydrogen-bond acceptors (Lipinski definition) is 6. The van der Waals surface area contributed by atoms with Crippen molar-refractivity contribution in [3.8, 4) is 0 Å². The van der Waals surface area contributed by atoms with Gasteiger partial charge in [0.05, 0.1) is 0 Å². The highest BCUT2D eigenvalue weighted by Gasteiger charge is 2.38. The molecule has 2 aliphatic rings. The highest BCUT2D eigenvalue weighted by atomic mass is 32.2. The van der Waals surface area contributed by atoms with E-state index in [1.54, 1.807) is 13.0 Å². The molecule has 2 aliphatic heterocycles. The van der Waals surface area contributed by atoms with Crippen LogP contribution in [0.5, 0.6) is 0 Å². The van der Waals surface area contributed by atoms with Crippen molar-refractivity contribution in [2.75, 3.05) is 37.6 Å². The molecule has 0 aliphatic carbocycles. The van der Waals surface area contributed by atoms with E-state index in [1.807, 2.05) is 24.8 Å². The fraction of sp³-hybridized carbons (Fsp3) is 0.455. The summed E-state index contributed by atoms with van der Waals surface area (Å²) >= 11 is 0. The molecule has 2 saturated heterocycles. The molecule has 8 nitrogen and oxygen atoms in total. The molecule has 0 spiro atoms. The molecule has 2 aromatic carbocycles. The van der Waals surface area contributed by atoms with Crippen LogP contribution < -0.4 is 4.90 Å². The minimum Gasteiger partial charge on any atom is -0.365 e. The molecule has 0 saturated carbocycles. The van der Waals surface area contributed by atoms with Gasteiger partial charge in [-0.25, -0.2) is 8.42 Å². The summed E-state index contributed by atoms with van der Waals surface area (Å²) in [5.74, 6) is 0.187. The number of rotatable bonds is 6. The quantitative estimate of drug-likeness (QED) is 0.376. The second kappa shape index (κ2) is 12.1. The first-order valence-electron chi connectivity index (χ1n) is 14.8. The van der Waals surface area contributed by atoms with Crippen molar-refractivity contribution < 1.29 is 17.7 Å². The van der Waals surface area contributed by atoms with Gasteiger partial charge in [-0.2, -0.15) is 4.31 Å². The molecular formula is C33H42N4O4S. The van der Waals surface area contributed by atoms with Gasteiger partial charge in [-0.3, -0.25) is 4.79 Å². The lowest BCUT2D eigenvalue weighted by molar-refractivity contribution is -0.137. The first-order valence-corrected chi connectivity index (χ1v) is 16.2. The molecule has 42 heavy (non-hydrogen) atoms. The monoisotopic (exact) mass is 590 g/mol. The minimum absolute atomic E-state index is 0.104. The summed E-state index contributed by atoms with van der Waals surface area (Å²) in [7, 11) is -3.84. The highest BCUT2D eigenvalue weighted by Crippen LogP contribution is 2.31. The predicted molar refractivity (Wildman–Crippen MR) is 167 cm³/mol. The van der Waals surface area contributed by atoms with Gasteiger partial charge in [0.15, 0.2) is 10.7 Å². The van der Waals surface area contributed by atoms with Crippen LogP contribution in [0, 0.1) is 40.5 Å². The van der Waals surface area contributed by atoms with Crippen LogP contribution in [-0.2, 0) is 14.8 Å². The van der Waals surface area contributed by atoms with Gasteiger partial charge >= 0.3 is 0 Å². The van der Waals surface area contributed by atoms with E-state index in [4.69, 9.17) is 4.52 Å². The van der Waals surface area contributed by atoms with E-state index in [0.717, 1.165) is 23.2 Å². The summed E-state index contributed by atoms with van der Waals surface area (Å²) in [6.45, 7) is 14.8. The lowest BCUT2D eigenvalue weighted by Gasteiger charge is -2.43. The number of piperidine rings is 1. The molecule has 224 valence electrons. The van der Waals surface area contributed by atoms with Crippen molar-refractivity contribution >= 4 is 33.8 Å². The third-order valence-electron chi connectivity index (χ3n) is 8.65. The van der Waals surface area contributed by atoms with Crippen LogP contribution in [0.2, 0.25) is 0 Å². The Bertz CT molecular complexity index is 1580. The Balaban J connectivity index is 1.24. The molecular weight excluding hydrogens is 548 g/mol. The number of piperazine rings is 1. The summed E-state index contributed by atoms with van der Waals surface area (Å²) in [6.07, 6.45) is 4.60. The number of anilines is 1. The zero-order valence-electron chi connectivity index (χ0n) is 25.6. The molecule has 0 bridgehead atoms. The molecule has 0 unspecified atom stereocenters. The largest absolute Gasteiger partial charge is 0.365 e. The van der Waals surface area contributed by atoms with Crippen molar-refractivity contribution in [3.05, 3.63) is 75.7 Å². The molecule has 3 aromatic rings. The van der Waals surface area contributed by atoms with E-state index in [0.29, 0.717) is 44.7 Å². The molecule has 1 aromatic heterocycles. The summed E-state index contributed by atoms with van der Waals surface area (Å²) in [4.78, 5) is 17.9. The van der Waals surface area contributed by atoms with Crippen molar-refractivity contribution in [2.24, 2.45) is 5.92 Å². The number of benzene rings is 2. The van der Waals surface area contributed by atoms with Gasteiger partial charge in [-0.1, -0.05) is 41.1 Å². The summed E-state index contributed by atoms with van der Waals surface area (Å²) in [5.41, 5.74) is 7.19. The minimum atomic E-state index is -3.84. The van der Waals surface area contributed by atoms with Crippen LogP contribution in [-0.4, -0.2) is 67.5 Å².